The summed E-state index contributed by atoms with van der Waals surface area (Å²) in [6, 6.07) is 7.67. The van der Waals surface area contributed by atoms with E-state index in [4.69, 9.17) is 0 Å². The number of anilines is 1. The Morgan fingerprint density at radius 3 is 2.86 bits per heavy atom. The van der Waals surface area contributed by atoms with Gasteiger partial charge in [0.05, 0.1) is 0 Å². The molecular formula is C18H25N3O. The van der Waals surface area contributed by atoms with Gasteiger partial charge in [-0.05, 0) is 68.8 Å². The van der Waals surface area contributed by atoms with E-state index < -0.39 is 0 Å². The minimum absolute atomic E-state index is 0.0684. The molecule has 0 unspecified atom stereocenters. The van der Waals surface area contributed by atoms with Gasteiger partial charge in [-0.1, -0.05) is 6.07 Å². The molecule has 1 N–H and O–H groups in total. The van der Waals surface area contributed by atoms with Crippen LogP contribution in [0.25, 0.3) is 0 Å². The molecule has 1 aromatic rings. The van der Waals surface area contributed by atoms with Crippen molar-refractivity contribution in [1.82, 2.24) is 9.80 Å². The lowest BCUT2D eigenvalue weighted by atomic mass is 10.1. The summed E-state index contributed by atoms with van der Waals surface area (Å²) in [4.78, 5) is 17.1. The smallest absolute Gasteiger partial charge is 0.321 e. The Labute approximate surface area is 132 Å². The van der Waals surface area contributed by atoms with Crippen molar-refractivity contribution in [2.75, 3.05) is 25.5 Å². The first kappa shape index (κ1) is 14.1. The first-order valence-electron chi connectivity index (χ1n) is 8.60. The van der Waals surface area contributed by atoms with Gasteiger partial charge in [0.25, 0.3) is 0 Å². The highest BCUT2D eigenvalue weighted by Gasteiger charge is 2.35. The number of urea groups is 1. The van der Waals surface area contributed by atoms with E-state index in [1.165, 1.54) is 36.8 Å². The van der Waals surface area contributed by atoms with Crippen molar-refractivity contribution in [1.29, 1.82) is 0 Å². The van der Waals surface area contributed by atoms with Crippen LogP contribution in [0.2, 0.25) is 0 Å². The van der Waals surface area contributed by atoms with Gasteiger partial charge in [-0.15, -0.1) is 0 Å². The molecule has 22 heavy (non-hydrogen) atoms. The van der Waals surface area contributed by atoms with E-state index in [1.54, 1.807) is 0 Å². The summed E-state index contributed by atoms with van der Waals surface area (Å²) in [5, 5.41) is 3.11. The highest BCUT2D eigenvalue weighted by Crippen LogP contribution is 2.29. The Morgan fingerprint density at radius 2 is 1.95 bits per heavy atom. The van der Waals surface area contributed by atoms with Crippen LogP contribution in [0.15, 0.2) is 18.2 Å². The van der Waals surface area contributed by atoms with Crippen LogP contribution in [0.1, 0.15) is 36.8 Å². The number of rotatable bonds is 1. The predicted octanol–water partition coefficient (Wildman–Crippen LogP) is 2.88. The van der Waals surface area contributed by atoms with Gasteiger partial charge in [0.1, 0.15) is 0 Å². The first-order chi connectivity index (χ1) is 10.7. The van der Waals surface area contributed by atoms with Crippen molar-refractivity contribution in [3.8, 4) is 0 Å². The zero-order valence-corrected chi connectivity index (χ0v) is 13.3. The molecule has 1 aromatic carbocycles. The molecule has 0 spiro atoms. The summed E-state index contributed by atoms with van der Waals surface area (Å²) < 4.78 is 0. The summed E-state index contributed by atoms with van der Waals surface area (Å²) in [6.45, 7) is 1.74. The van der Waals surface area contributed by atoms with Gasteiger partial charge < -0.3 is 10.2 Å². The number of nitrogens with zero attached hydrogens (tertiary/aromatic N) is 2. The number of aryl methyl sites for hydroxylation is 2. The molecule has 2 amide bonds. The number of benzene rings is 1. The summed E-state index contributed by atoms with van der Waals surface area (Å²) in [7, 11) is 2.21. The summed E-state index contributed by atoms with van der Waals surface area (Å²) in [5.74, 6) is 0. The second kappa shape index (κ2) is 5.58. The van der Waals surface area contributed by atoms with Crippen LogP contribution in [-0.4, -0.2) is 48.1 Å². The zero-order valence-electron chi connectivity index (χ0n) is 13.3. The summed E-state index contributed by atoms with van der Waals surface area (Å²) in [5.41, 5.74) is 3.81. The highest BCUT2D eigenvalue weighted by atomic mass is 16.2. The van der Waals surface area contributed by atoms with E-state index in [0.29, 0.717) is 12.1 Å². The molecule has 3 aliphatic rings. The fourth-order valence-electron chi connectivity index (χ4n) is 4.35. The van der Waals surface area contributed by atoms with Gasteiger partial charge in [0, 0.05) is 30.9 Å². The van der Waals surface area contributed by atoms with Crippen LogP contribution < -0.4 is 5.32 Å². The lowest BCUT2D eigenvalue weighted by Gasteiger charge is -2.26. The third-order valence-electron chi connectivity index (χ3n) is 5.79. The van der Waals surface area contributed by atoms with Crippen molar-refractivity contribution in [2.24, 2.45) is 0 Å². The molecule has 2 saturated heterocycles. The molecule has 4 heteroatoms. The molecule has 1 aliphatic carbocycles. The Balaban J connectivity index is 1.44. The maximum atomic E-state index is 12.6. The van der Waals surface area contributed by atoms with Crippen molar-refractivity contribution in [2.45, 2.75) is 50.6 Å². The first-order valence-corrected chi connectivity index (χ1v) is 8.60. The molecule has 2 heterocycles. The fraction of sp³-hybridized carbons (Fsp3) is 0.611. The SMILES string of the molecule is CN1[C@H]2CC[C@@H]1CN(C(=O)Nc1ccc3c(c1)CCC3)CC2. The number of hydrogen-bond acceptors (Lipinski definition) is 2. The molecule has 2 fully saturated rings. The molecule has 2 bridgehead atoms. The normalized spacial score (nSPS) is 27.6. The topological polar surface area (TPSA) is 35.6 Å². The number of hydrogen-bond donors (Lipinski definition) is 1. The molecule has 0 radical (unpaired) electrons. The minimum Gasteiger partial charge on any atom is -0.323 e. The van der Waals surface area contributed by atoms with Crippen LogP contribution in [0.3, 0.4) is 0 Å². The fourth-order valence-corrected chi connectivity index (χ4v) is 4.35. The molecule has 2 atom stereocenters. The van der Waals surface area contributed by atoms with E-state index in [9.17, 15) is 4.79 Å². The van der Waals surface area contributed by atoms with Gasteiger partial charge in [-0.25, -0.2) is 4.79 Å². The second-order valence-electron chi connectivity index (χ2n) is 7.05. The van der Waals surface area contributed by atoms with Gasteiger partial charge in [-0.3, -0.25) is 4.90 Å². The Morgan fingerprint density at radius 1 is 1.14 bits per heavy atom. The quantitative estimate of drug-likeness (QED) is 0.865. The number of carbonyl (C=O) groups is 1. The Hall–Kier alpha value is -1.55. The van der Waals surface area contributed by atoms with Gasteiger partial charge in [0.2, 0.25) is 0 Å². The van der Waals surface area contributed by atoms with Crippen molar-refractivity contribution >= 4 is 11.7 Å². The second-order valence-corrected chi connectivity index (χ2v) is 7.05. The van der Waals surface area contributed by atoms with Crippen molar-refractivity contribution in [3.63, 3.8) is 0 Å². The van der Waals surface area contributed by atoms with E-state index >= 15 is 0 Å². The van der Waals surface area contributed by atoms with Crippen LogP contribution in [0.4, 0.5) is 10.5 Å². The summed E-state index contributed by atoms with van der Waals surface area (Å²) in [6.07, 6.45) is 7.20. The molecule has 0 saturated carbocycles. The average Bonchev–Trinajstić information content (AvgIpc) is 3.03. The monoisotopic (exact) mass is 299 g/mol. The van der Waals surface area contributed by atoms with Gasteiger partial charge in [0.15, 0.2) is 0 Å². The predicted molar refractivity (Wildman–Crippen MR) is 88.2 cm³/mol. The van der Waals surface area contributed by atoms with E-state index in [0.717, 1.165) is 31.6 Å². The molecule has 0 aromatic heterocycles. The zero-order chi connectivity index (χ0) is 15.1. The van der Waals surface area contributed by atoms with Crippen LogP contribution in [-0.2, 0) is 12.8 Å². The number of fused-ring (bicyclic) bond motifs is 3. The van der Waals surface area contributed by atoms with Crippen molar-refractivity contribution in [3.05, 3.63) is 29.3 Å². The summed E-state index contributed by atoms with van der Waals surface area (Å²) >= 11 is 0. The number of likely N-dealkylation sites (tertiary alicyclic amines) is 1. The van der Waals surface area contributed by atoms with Crippen LogP contribution >= 0.6 is 0 Å². The molecular weight excluding hydrogens is 274 g/mol. The maximum Gasteiger partial charge on any atom is 0.321 e. The lowest BCUT2D eigenvalue weighted by Crippen LogP contribution is -2.41. The van der Waals surface area contributed by atoms with Gasteiger partial charge in [-0.2, -0.15) is 0 Å². The molecule has 118 valence electrons. The standard InChI is InChI=1S/C18H25N3O/c1-20-16-7-8-17(20)12-21(10-9-16)18(22)19-15-6-5-13-3-2-4-14(13)11-15/h5-6,11,16-17H,2-4,7-10,12H2,1H3,(H,19,22)/t16-,17+/m0/s1. The van der Waals surface area contributed by atoms with Crippen LogP contribution in [0, 0.1) is 0 Å². The number of amides is 2. The number of nitrogens with one attached hydrogen (secondary N) is 1. The molecule has 4 rings (SSSR count). The van der Waals surface area contributed by atoms with E-state index in [2.05, 4.69) is 35.5 Å². The van der Waals surface area contributed by atoms with Gasteiger partial charge >= 0.3 is 6.03 Å². The highest BCUT2D eigenvalue weighted by molar-refractivity contribution is 5.89. The number of carbonyl (C=O) groups excluding carboxylic acids is 1. The molecule has 4 nitrogen and oxygen atoms in total. The number of likely N-dealkylation sites (N-methyl/N-ethyl adjacent to an activating group) is 1. The Kier molecular flexibility index (Phi) is 3.57. The third kappa shape index (κ3) is 2.50. The third-order valence-corrected chi connectivity index (χ3v) is 5.79. The minimum atomic E-state index is 0.0684. The van der Waals surface area contributed by atoms with E-state index in [-0.39, 0.29) is 6.03 Å². The van der Waals surface area contributed by atoms with E-state index in [1.807, 2.05) is 4.90 Å². The average molecular weight is 299 g/mol. The lowest BCUT2D eigenvalue weighted by molar-refractivity contribution is 0.200. The van der Waals surface area contributed by atoms with Crippen LogP contribution in [0.5, 0.6) is 0 Å². The largest absolute Gasteiger partial charge is 0.323 e. The van der Waals surface area contributed by atoms with Crippen molar-refractivity contribution < 1.29 is 4.79 Å². The molecule has 2 aliphatic heterocycles. The Bertz CT molecular complexity index is 586. The maximum absolute atomic E-state index is 12.6.